The number of para-hydroxylation sites is 2. The number of carbonyl (C=O) groups is 1. The molecule has 3 heterocycles. The lowest BCUT2D eigenvalue weighted by Crippen LogP contribution is -2.34. The van der Waals surface area contributed by atoms with Crippen LogP contribution in [0, 0.1) is 13.8 Å². The maximum absolute atomic E-state index is 13.0. The zero-order valence-electron chi connectivity index (χ0n) is 14.5. The minimum Gasteiger partial charge on any atom is -0.332 e. The number of imidazole rings is 1. The molecule has 0 spiro atoms. The monoisotopic (exact) mass is 335 g/mol. The number of aromatic nitrogens is 4. The predicted molar refractivity (Wildman–Crippen MR) is 94.9 cm³/mol. The van der Waals surface area contributed by atoms with E-state index in [9.17, 15) is 4.79 Å². The molecule has 128 valence electrons. The zero-order valence-corrected chi connectivity index (χ0v) is 14.5. The molecule has 6 nitrogen and oxygen atoms in total. The summed E-state index contributed by atoms with van der Waals surface area (Å²) in [6.07, 6.45) is 5.45. The number of fused-ring (bicyclic) bond motifs is 1. The second kappa shape index (κ2) is 6.27. The van der Waals surface area contributed by atoms with Crippen LogP contribution in [0.15, 0.2) is 36.7 Å². The molecule has 1 saturated heterocycles. The molecule has 2 aromatic heterocycles. The Morgan fingerprint density at radius 1 is 1.20 bits per heavy atom. The van der Waals surface area contributed by atoms with E-state index in [1.54, 1.807) is 12.4 Å². The molecule has 3 aromatic rings. The Morgan fingerprint density at radius 3 is 2.88 bits per heavy atom. The third-order valence-electron chi connectivity index (χ3n) is 4.83. The molecule has 1 fully saturated rings. The van der Waals surface area contributed by atoms with Gasteiger partial charge in [0, 0.05) is 12.7 Å². The van der Waals surface area contributed by atoms with E-state index in [1.807, 2.05) is 47.6 Å². The van der Waals surface area contributed by atoms with Crippen molar-refractivity contribution >= 4 is 16.9 Å². The molecule has 0 radical (unpaired) electrons. The Morgan fingerprint density at radius 2 is 2.04 bits per heavy atom. The first-order valence-corrected chi connectivity index (χ1v) is 8.63. The van der Waals surface area contributed by atoms with E-state index >= 15 is 0 Å². The number of likely N-dealkylation sites (tertiary alicyclic amines) is 1. The summed E-state index contributed by atoms with van der Waals surface area (Å²) in [6.45, 7) is 4.95. The van der Waals surface area contributed by atoms with Crippen molar-refractivity contribution in [1.29, 1.82) is 0 Å². The highest BCUT2D eigenvalue weighted by molar-refractivity contribution is 5.81. The first-order chi connectivity index (χ1) is 12.1. The van der Waals surface area contributed by atoms with Gasteiger partial charge in [-0.05, 0) is 38.8 Å². The topological polar surface area (TPSA) is 63.9 Å². The van der Waals surface area contributed by atoms with E-state index in [0.29, 0.717) is 6.54 Å². The summed E-state index contributed by atoms with van der Waals surface area (Å²) in [5, 5.41) is 0. The minimum absolute atomic E-state index is 0.0231. The highest BCUT2D eigenvalue weighted by atomic mass is 16.2. The normalized spacial score (nSPS) is 17.4. The third-order valence-corrected chi connectivity index (χ3v) is 4.83. The van der Waals surface area contributed by atoms with Gasteiger partial charge in [-0.15, -0.1) is 0 Å². The van der Waals surface area contributed by atoms with Gasteiger partial charge >= 0.3 is 0 Å². The molecule has 0 aliphatic carbocycles. The van der Waals surface area contributed by atoms with E-state index in [-0.39, 0.29) is 11.9 Å². The average Bonchev–Trinajstić information content (AvgIpc) is 3.20. The van der Waals surface area contributed by atoms with E-state index < -0.39 is 0 Å². The van der Waals surface area contributed by atoms with Crippen molar-refractivity contribution in [3.05, 3.63) is 53.9 Å². The lowest BCUT2D eigenvalue weighted by atomic mass is 10.1. The molecule has 1 aliphatic rings. The number of rotatable bonds is 3. The van der Waals surface area contributed by atoms with Crippen molar-refractivity contribution in [2.75, 3.05) is 6.54 Å². The van der Waals surface area contributed by atoms with Gasteiger partial charge in [-0.3, -0.25) is 14.8 Å². The number of nitrogens with zero attached hydrogens (tertiary/aromatic N) is 5. The largest absolute Gasteiger partial charge is 0.332 e. The van der Waals surface area contributed by atoms with Crippen LogP contribution in [0.4, 0.5) is 0 Å². The van der Waals surface area contributed by atoms with Crippen LogP contribution in [0.3, 0.4) is 0 Å². The Hall–Kier alpha value is -2.76. The Kier molecular flexibility index (Phi) is 3.95. The Bertz CT molecular complexity index is 932. The Labute approximate surface area is 146 Å². The van der Waals surface area contributed by atoms with Gasteiger partial charge in [0.15, 0.2) is 0 Å². The zero-order chi connectivity index (χ0) is 17.4. The van der Waals surface area contributed by atoms with Crippen LogP contribution in [0.1, 0.15) is 36.1 Å². The van der Waals surface area contributed by atoms with Crippen molar-refractivity contribution in [3.8, 4) is 0 Å². The van der Waals surface area contributed by atoms with Crippen molar-refractivity contribution in [2.24, 2.45) is 0 Å². The van der Waals surface area contributed by atoms with Gasteiger partial charge in [-0.1, -0.05) is 12.1 Å². The molecule has 0 bridgehead atoms. The maximum Gasteiger partial charge on any atom is 0.243 e. The lowest BCUT2D eigenvalue weighted by molar-refractivity contribution is -0.132. The second-order valence-corrected chi connectivity index (χ2v) is 6.56. The smallest absolute Gasteiger partial charge is 0.243 e. The standard InChI is InChI=1S/C19H21N5O/c1-13-10-20-11-16(21-13)18-8-5-9-23(18)19(25)12-24-14(2)22-15-6-3-4-7-17(15)24/h3-4,6-7,10-11,18H,5,8-9,12H2,1-2H3/t18-/m0/s1. The van der Waals surface area contributed by atoms with Crippen LogP contribution < -0.4 is 0 Å². The number of carbonyl (C=O) groups excluding carboxylic acids is 1. The number of hydrogen-bond donors (Lipinski definition) is 0. The van der Waals surface area contributed by atoms with Gasteiger partial charge in [0.05, 0.1) is 34.7 Å². The summed E-state index contributed by atoms with van der Waals surface area (Å²) in [4.78, 5) is 28.3. The average molecular weight is 335 g/mol. The lowest BCUT2D eigenvalue weighted by Gasteiger charge is -2.25. The van der Waals surface area contributed by atoms with Crippen LogP contribution in [0.25, 0.3) is 11.0 Å². The van der Waals surface area contributed by atoms with Gasteiger partial charge in [-0.2, -0.15) is 0 Å². The summed E-state index contributed by atoms with van der Waals surface area (Å²) in [5.74, 6) is 0.970. The quantitative estimate of drug-likeness (QED) is 0.738. The van der Waals surface area contributed by atoms with E-state index in [1.165, 1.54) is 0 Å². The number of hydrogen-bond acceptors (Lipinski definition) is 4. The molecular weight excluding hydrogens is 314 g/mol. The summed E-state index contributed by atoms with van der Waals surface area (Å²) >= 11 is 0. The molecule has 1 aliphatic heterocycles. The number of benzene rings is 1. The third kappa shape index (κ3) is 2.88. The van der Waals surface area contributed by atoms with Crippen molar-refractivity contribution in [3.63, 3.8) is 0 Å². The van der Waals surface area contributed by atoms with Gasteiger partial charge in [-0.25, -0.2) is 4.98 Å². The fourth-order valence-corrected chi connectivity index (χ4v) is 3.64. The summed E-state index contributed by atoms with van der Waals surface area (Å²) < 4.78 is 2.00. The minimum atomic E-state index is 0.0231. The maximum atomic E-state index is 13.0. The van der Waals surface area contributed by atoms with Crippen molar-refractivity contribution < 1.29 is 4.79 Å². The summed E-state index contributed by atoms with van der Waals surface area (Å²) in [6, 6.07) is 7.95. The van der Waals surface area contributed by atoms with Crippen molar-refractivity contribution in [2.45, 2.75) is 39.3 Å². The molecule has 25 heavy (non-hydrogen) atoms. The van der Waals surface area contributed by atoms with Gasteiger partial charge in [0.1, 0.15) is 12.4 Å². The predicted octanol–water partition coefficient (Wildman–Crippen LogP) is 2.81. The fraction of sp³-hybridized carbons (Fsp3) is 0.368. The SMILES string of the molecule is Cc1cncc([C@@H]2CCCN2C(=O)Cn2c(C)nc3ccccc32)n1. The van der Waals surface area contributed by atoms with Gasteiger partial charge < -0.3 is 9.47 Å². The fourth-order valence-electron chi connectivity index (χ4n) is 3.64. The van der Waals surface area contributed by atoms with Crippen LogP contribution in [-0.2, 0) is 11.3 Å². The second-order valence-electron chi connectivity index (χ2n) is 6.56. The highest BCUT2D eigenvalue weighted by Crippen LogP contribution is 2.31. The molecule has 0 saturated carbocycles. The van der Waals surface area contributed by atoms with Crippen LogP contribution in [0.5, 0.6) is 0 Å². The number of amides is 1. The van der Waals surface area contributed by atoms with Crippen LogP contribution in [0.2, 0.25) is 0 Å². The van der Waals surface area contributed by atoms with Gasteiger partial charge in [0.25, 0.3) is 0 Å². The summed E-state index contributed by atoms with van der Waals surface area (Å²) in [5.41, 5.74) is 3.70. The van der Waals surface area contributed by atoms with Crippen LogP contribution in [-0.4, -0.2) is 36.9 Å². The molecule has 6 heteroatoms. The molecule has 1 atom stereocenters. The molecule has 1 amide bonds. The number of aryl methyl sites for hydroxylation is 2. The molecule has 0 unspecified atom stereocenters. The highest BCUT2D eigenvalue weighted by Gasteiger charge is 2.31. The van der Waals surface area contributed by atoms with Crippen molar-refractivity contribution in [1.82, 2.24) is 24.4 Å². The van der Waals surface area contributed by atoms with E-state index in [0.717, 1.165) is 47.6 Å². The molecule has 0 N–H and O–H groups in total. The summed E-state index contributed by atoms with van der Waals surface area (Å²) in [7, 11) is 0. The van der Waals surface area contributed by atoms with E-state index in [2.05, 4.69) is 15.0 Å². The van der Waals surface area contributed by atoms with E-state index in [4.69, 9.17) is 0 Å². The molecular formula is C19H21N5O. The first kappa shape index (κ1) is 15.7. The first-order valence-electron chi connectivity index (χ1n) is 8.63. The molecule has 4 rings (SSSR count). The molecule has 1 aromatic carbocycles. The van der Waals surface area contributed by atoms with Gasteiger partial charge in [0.2, 0.25) is 5.91 Å². The van der Waals surface area contributed by atoms with Crippen LogP contribution >= 0.6 is 0 Å². The Balaban J connectivity index is 1.60.